The molecule has 4 rings (SSSR count). The molecule has 28 heavy (non-hydrogen) atoms. The Labute approximate surface area is 167 Å². The van der Waals surface area contributed by atoms with Crippen LogP contribution in [0.3, 0.4) is 0 Å². The molecule has 5 nitrogen and oxygen atoms in total. The number of aliphatic hydroxyl groups excluding tert-OH is 1. The minimum atomic E-state index is -1.23. The molecule has 4 aliphatic rings. The summed E-state index contributed by atoms with van der Waals surface area (Å²) in [6, 6.07) is 0. The topological polar surface area (TPSA) is 83.8 Å². The number of Topliss-reactive ketones (excluding diaryl/α,β-unsaturated/α-hetero) is 1. The van der Waals surface area contributed by atoms with E-state index >= 15 is 0 Å². The lowest BCUT2D eigenvalue weighted by molar-refractivity contribution is -0.264. The molecule has 0 unspecified atom stereocenters. The number of esters is 1. The first kappa shape index (κ1) is 20.1. The van der Waals surface area contributed by atoms with Crippen molar-refractivity contribution < 1.29 is 24.5 Å². The Kier molecular flexibility index (Phi) is 4.59. The van der Waals surface area contributed by atoms with Gasteiger partial charge in [0, 0.05) is 18.8 Å². The van der Waals surface area contributed by atoms with Gasteiger partial charge in [0.15, 0.2) is 5.78 Å². The number of carbonyl (C=O) groups excluding carboxylic acids is 2. The quantitative estimate of drug-likeness (QED) is 0.708. The van der Waals surface area contributed by atoms with Crippen LogP contribution < -0.4 is 0 Å². The normalized spacial score (nSPS) is 50.1. The van der Waals surface area contributed by atoms with Gasteiger partial charge in [-0.05, 0) is 74.2 Å². The summed E-state index contributed by atoms with van der Waals surface area (Å²) in [5.41, 5.74) is -0.759. The molecule has 0 aromatic heterocycles. The van der Waals surface area contributed by atoms with E-state index < -0.39 is 17.1 Å². The third-order valence-electron chi connectivity index (χ3n) is 9.11. The number of ketones is 1. The van der Waals surface area contributed by atoms with Gasteiger partial charge < -0.3 is 14.9 Å². The van der Waals surface area contributed by atoms with Crippen molar-refractivity contribution in [3.8, 4) is 0 Å². The molecule has 0 aliphatic heterocycles. The highest BCUT2D eigenvalue weighted by atomic mass is 16.5. The zero-order chi connectivity index (χ0) is 20.5. The van der Waals surface area contributed by atoms with Crippen LogP contribution in [0.1, 0.15) is 72.6 Å². The number of hydrogen-bond donors (Lipinski definition) is 2. The van der Waals surface area contributed by atoms with E-state index in [2.05, 4.69) is 19.9 Å². The summed E-state index contributed by atoms with van der Waals surface area (Å²) >= 11 is 0. The second-order valence-electron chi connectivity index (χ2n) is 10.3. The Morgan fingerprint density at radius 2 is 1.86 bits per heavy atom. The van der Waals surface area contributed by atoms with E-state index in [-0.39, 0.29) is 23.3 Å². The van der Waals surface area contributed by atoms with Crippen molar-refractivity contribution in [2.24, 2.45) is 28.6 Å². The van der Waals surface area contributed by atoms with E-state index in [0.29, 0.717) is 30.6 Å². The van der Waals surface area contributed by atoms with Crippen LogP contribution in [0, 0.1) is 28.6 Å². The van der Waals surface area contributed by atoms with Crippen molar-refractivity contribution in [2.75, 3.05) is 0 Å². The number of fused-ring (bicyclic) bond motifs is 5. The van der Waals surface area contributed by atoms with Crippen LogP contribution in [0.4, 0.5) is 0 Å². The van der Waals surface area contributed by atoms with Gasteiger partial charge in [-0.25, -0.2) is 0 Å². The van der Waals surface area contributed by atoms with Gasteiger partial charge in [-0.3, -0.25) is 9.59 Å². The van der Waals surface area contributed by atoms with Crippen molar-refractivity contribution in [3.05, 3.63) is 11.6 Å². The summed E-state index contributed by atoms with van der Waals surface area (Å²) < 4.78 is 5.40. The molecule has 3 saturated carbocycles. The zero-order valence-electron chi connectivity index (χ0n) is 17.5. The van der Waals surface area contributed by atoms with Gasteiger partial charge in [0.25, 0.3) is 0 Å². The van der Waals surface area contributed by atoms with E-state index in [1.807, 2.05) is 0 Å². The standard InChI is InChI=1S/C23H34O5/c1-13(24)17-5-6-18-16-11-20(26)23(27)12-15(28-14(2)25)7-10-22(23,4)19(16)8-9-21(17,18)3/h5,15-16,18-20,26-27H,6-12H2,1-4H3/t15-,16-,18-,19-,20+,21+,22+,23-/m0/s1. The highest BCUT2D eigenvalue weighted by molar-refractivity contribution is 5.95. The number of hydrogen-bond acceptors (Lipinski definition) is 5. The van der Waals surface area contributed by atoms with E-state index in [4.69, 9.17) is 4.74 Å². The number of rotatable bonds is 2. The van der Waals surface area contributed by atoms with Gasteiger partial charge in [0.05, 0.1) is 11.7 Å². The summed E-state index contributed by atoms with van der Waals surface area (Å²) in [6.07, 6.45) is 6.13. The van der Waals surface area contributed by atoms with E-state index in [1.165, 1.54) is 6.92 Å². The lowest BCUT2D eigenvalue weighted by Crippen LogP contribution is -2.68. The Bertz CT molecular complexity index is 729. The van der Waals surface area contributed by atoms with E-state index in [1.54, 1.807) is 6.92 Å². The summed E-state index contributed by atoms with van der Waals surface area (Å²) in [7, 11) is 0. The number of ether oxygens (including phenoxy) is 1. The number of aliphatic hydroxyl groups is 2. The predicted molar refractivity (Wildman–Crippen MR) is 104 cm³/mol. The summed E-state index contributed by atoms with van der Waals surface area (Å²) in [5.74, 6) is 0.814. The van der Waals surface area contributed by atoms with Crippen LogP contribution in [0.5, 0.6) is 0 Å². The zero-order valence-corrected chi connectivity index (χ0v) is 17.5. The van der Waals surface area contributed by atoms with Crippen molar-refractivity contribution >= 4 is 11.8 Å². The molecule has 0 heterocycles. The van der Waals surface area contributed by atoms with Crippen LogP contribution in [0.2, 0.25) is 0 Å². The fraction of sp³-hybridized carbons (Fsp3) is 0.826. The van der Waals surface area contributed by atoms with Crippen LogP contribution in [-0.4, -0.2) is 39.8 Å². The Hall–Kier alpha value is -1.20. The molecule has 0 bridgehead atoms. The highest BCUT2D eigenvalue weighted by Gasteiger charge is 2.67. The van der Waals surface area contributed by atoms with Crippen molar-refractivity contribution in [2.45, 2.75) is 90.4 Å². The van der Waals surface area contributed by atoms with Crippen LogP contribution >= 0.6 is 0 Å². The predicted octanol–water partition coefficient (Wildman–Crippen LogP) is 3.17. The molecule has 4 aliphatic carbocycles. The maximum atomic E-state index is 12.2. The first-order chi connectivity index (χ1) is 13.0. The first-order valence-electron chi connectivity index (χ1n) is 10.8. The summed E-state index contributed by atoms with van der Waals surface area (Å²) in [4.78, 5) is 23.6. The number of allylic oxidation sites excluding steroid dienone is 2. The lowest BCUT2D eigenvalue weighted by atomic mass is 9.42. The smallest absolute Gasteiger partial charge is 0.302 e. The van der Waals surface area contributed by atoms with E-state index in [9.17, 15) is 19.8 Å². The second-order valence-corrected chi connectivity index (χ2v) is 10.3. The average Bonchev–Trinajstić information content (AvgIpc) is 2.95. The second kappa shape index (κ2) is 6.40. The third kappa shape index (κ3) is 2.58. The van der Waals surface area contributed by atoms with Crippen molar-refractivity contribution in [1.82, 2.24) is 0 Å². The van der Waals surface area contributed by atoms with E-state index in [0.717, 1.165) is 37.7 Å². The van der Waals surface area contributed by atoms with Crippen molar-refractivity contribution in [3.63, 3.8) is 0 Å². The fourth-order valence-corrected chi connectivity index (χ4v) is 7.69. The molecule has 0 saturated heterocycles. The maximum Gasteiger partial charge on any atom is 0.302 e. The molecule has 8 atom stereocenters. The highest BCUT2D eigenvalue weighted by Crippen LogP contribution is 2.67. The molecule has 3 fully saturated rings. The van der Waals surface area contributed by atoms with Gasteiger partial charge >= 0.3 is 5.97 Å². The monoisotopic (exact) mass is 390 g/mol. The molecular weight excluding hydrogens is 356 g/mol. The van der Waals surface area contributed by atoms with Crippen LogP contribution in [0.25, 0.3) is 0 Å². The van der Waals surface area contributed by atoms with Gasteiger partial charge in [-0.2, -0.15) is 0 Å². The molecule has 0 radical (unpaired) electrons. The van der Waals surface area contributed by atoms with Crippen LogP contribution in [-0.2, 0) is 14.3 Å². The molecule has 0 aromatic rings. The lowest BCUT2D eigenvalue weighted by Gasteiger charge is -2.65. The SMILES string of the molecule is CC(=O)O[C@H]1CC[C@]2(C)[C@H]3CC[C@]4(C)C(C(C)=O)=CC[C@H]4[C@@H]3C[C@@H](O)[C@@]2(O)C1. The largest absolute Gasteiger partial charge is 0.462 e. The average molecular weight is 391 g/mol. The van der Waals surface area contributed by atoms with Gasteiger partial charge in [-0.1, -0.05) is 19.9 Å². The minimum Gasteiger partial charge on any atom is -0.462 e. The van der Waals surface area contributed by atoms with Crippen molar-refractivity contribution in [1.29, 1.82) is 0 Å². The molecule has 5 heteroatoms. The summed E-state index contributed by atoms with van der Waals surface area (Å²) in [5, 5.41) is 22.8. The maximum absolute atomic E-state index is 12.2. The Balaban J connectivity index is 1.64. The number of carbonyl (C=O) groups is 2. The molecule has 0 aromatic carbocycles. The Morgan fingerprint density at radius 3 is 2.50 bits per heavy atom. The third-order valence-corrected chi connectivity index (χ3v) is 9.11. The Morgan fingerprint density at radius 1 is 1.14 bits per heavy atom. The van der Waals surface area contributed by atoms with Crippen LogP contribution in [0.15, 0.2) is 11.6 Å². The summed E-state index contributed by atoms with van der Waals surface area (Å²) in [6.45, 7) is 7.42. The first-order valence-corrected chi connectivity index (χ1v) is 10.8. The van der Waals surface area contributed by atoms with Gasteiger partial charge in [0.2, 0.25) is 0 Å². The van der Waals surface area contributed by atoms with Gasteiger partial charge in [0.1, 0.15) is 6.10 Å². The molecular formula is C23H34O5. The molecule has 0 amide bonds. The minimum absolute atomic E-state index is 0.104. The molecule has 156 valence electrons. The molecule has 2 N–H and O–H groups in total. The molecule has 0 spiro atoms. The van der Waals surface area contributed by atoms with Gasteiger partial charge in [-0.15, -0.1) is 0 Å². The fourth-order valence-electron chi connectivity index (χ4n) is 7.69.